The number of carbonyl (C=O) groups excluding carboxylic acids is 1. The van der Waals surface area contributed by atoms with Gasteiger partial charge in [0.05, 0.1) is 24.4 Å². The second-order valence-corrected chi connectivity index (χ2v) is 12.4. The number of hydrogen-bond donors (Lipinski definition) is 2. The zero-order valence-corrected chi connectivity index (χ0v) is 27.2. The average molecular weight is 673 g/mol. The predicted molar refractivity (Wildman–Crippen MR) is 169 cm³/mol. The molecule has 2 heterocycles. The minimum absolute atomic E-state index is 0.00732. The third-order valence-electron chi connectivity index (χ3n) is 8.14. The molecule has 4 aromatic rings. The van der Waals surface area contributed by atoms with Crippen LogP contribution in [0.15, 0.2) is 60.0 Å². The number of carboxylic acid groups (broad SMARTS) is 1. The Labute approximate surface area is 274 Å². The standard InChI is InChI=1S/C35H37F5N4O4/c1-19(2)10-29(44-17-23(6-8-43-9-7-41-18-43)27(15-30(44)45)35(38,39)40)34(48)42-28(16-31(46)47)26-14-24(11-22(5)33(26)37)32-20(3)12-25(36)13-21(32)4/h7,9,11-15,17-19,28-29H,6,8,10,16H2,1-5H3,(H,42,48)(H,46,47). The van der Waals surface area contributed by atoms with Gasteiger partial charge < -0.3 is 19.6 Å². The van der Waals surface area contributed by atoms with E-state index in [-0.39, 0.29) is 42.0 Å². The van der Waals surface area contributed by atoms with Crippen LogP contribution in [-0.4, -0.2) is 31.1 Å². The molecule has 0 spiro atoms. The minimum Gasteiger partial charge on any atom is -0.481 e. The maximum absolute atomic E-state index is 15.7. The molecule has 0 fully saturated rings. The number of carbonyl (C=O) groups is 2. The van der Waals surface area contributed by atoms with E-state index in [1.807, 2.05) is 0 Å². The number of aromatic nitrogens is 3. The van der Waals surface area contributed by atoms with Gasteiger partial charge in [0, 0.05) is 36.8 Å². The fourth-order valence-corrected chi connectivity index (χ4v) is 6.00. The number of alkyl halides is 3. The Kier molecular flexibility index (Phi) is 10.9. The van der Waals surface area contributed by atoms with Crippen molar-refractivity contribution in [3.8, 4) is 11.1 Å². The summed E-state index contributed by atoms with van der Waals surface area (Å²) in [6.45, 7) is 8.47. The van der Waals surface area contributed by atoms with Crippen molar-refractivity contribution in [2.24, 2.45) is 5.92 Å². The molecule has 0 aliphatic carbocycles. The number of pyridine rings is 1. The van der Waals surface area contributed by atoms with Crippen LogP contribution in [0.25, 0.3) is 11.1 Å². The maximum atomic E-state index is 15.7. The molecule has 0 saturated carbocycles. The largest absolute Gasteiger partial charge is 0.481 e. The summed E-state index contributed by atoms with van der Waals surface area (Å²) in [7, 11) is 0. The van der Waals surface area contributed by atoms with Crippen LogP contribution >= 0.6 is 0 Å². The average Bonchev–Trinajstić information content (AvgIpc) is 3.49. The summed E-state index contributed by atoms with van der Waals surface area (Å²) in [6, 6.07) is 3.27. The fraction of sp³-hybridized carbons (Fsp3) is 0.371. The number of imidazole rings is 1. The van der Waals surface area contributed by atoms with Crippen LogP contribution in [0.2, 0.25) is 0 Å². The lowest BCUT2D eigenvalue weighted by Gasteiger charge is -2.27. The molecule has 0 saturated heterocycles. The number of nitrogens with zero attached hydrogens (tertiary/aromatic N) is 3. The van der Waals surface area contributed by atoms with Crippen molar-refractivity contribution in [2.75, 3.05) is 0 Å². The number of amides is 1. The van der Waals surface area contributed by atoms with E-state index in [1.54, 1.807) is 44.5 Å². The molecule has 2 unspecified atom stereocenters. The zero-order valence-electron chi connectivity index (χ0n) is 27.2. The summed E-state index contributed by atoms with van der Waals surface area (Å²) in [5, 5.41) is 12.4. The van der Waals surface area contributed by atoms with E-state index >= 15 is 4.39 Å². The molecule has 0 aliphatic heterocycles. The van der Waals surface area contributed by atoms with E-state index in [1.165, 1.54) is 37.6 Å². The van der Waals surface area contributed by atoms with Gasteiger partial charge in [0.25, 0.3) is 5.56 Å². The number of hydrogen-bond acceptors (Lipinski definition) is 4. The van der Waals surface area contributed by atoms with E-state index in [9.17, 15) is 37.1 Å². The van der Waals surface area contributed by atoms with Crippen LogP contribution < -0.4 is 10.9 Å². The van der Waals surface area contributed by atoms with Crippen molar-refractivity contribution >= 4 is 11.9 Å². The van der Waals surface area contributed by atoms with Gasteiger partial charge >= 0.3 is 12.1 Å². The molecule has 8 nitrogen and oxygen atoms in total. The Balaban J connectivity index is 1.79. The second-order valence-electron chi connectivity index (χ2n) is 12.4. The molecule has 13 heteroatoms. The summed E-state index contributed by atoms with van der Waals surface area (Å²) in [5.74, 6) is -3.67. The number of aryl methyl sites for hydroxylation is 5. The Morgan fingerprint density at radius 2 is 1.67 bits per heavy atom. The SMILES string of the molecule is Cc1cc(-c2c(C)cc(F)cc2C)cc(C(CC(=O)O)NC(=O)C(CC(C)C)n2cc(CCn3ccnc3)c(C(F)(F)F)cc2=O)c1F. The molecule has 4 rings (SSSR count). The Morgan fingerprint density at radius 3 is 2.23 bits per heavy atom. The van der Waals surface area contributed by atoms with E-state index in [0.717, 1.165) is 10.8 Å². The molecule has 2 atom stereocenters. The second kappa shape index (κ2) is 14.5. The van der Waals surface area contributed by atoms with Crippen LogP contribution in [0.3, 0.4) is 0 Å². The maximum Gasteiger partial charge on any atom is 0.416 e. The third-order valence-corrected chi connectivity index (χ3v) is 8.14. The van der Waals surface area contributed by atoms with Gasteiger partial charge in [-0.25, -0.2) is 13.8 Å². The van der Waals surface area contributed by atoms with Gasteiger partial charge in [0.1, 0.15) is 17.7 Å². The van der Waals surface area contributed by atoms with Crippen LogP contribution in [0, 0.1) is 38.3 Å². The Bertz CT molecular complexity index is 1840. The van der Waals surface area contributed by atoms with Crippen molar-refractivity contribution in [1.82, 2.24) is 19.4 Å². The lowest BCUT2D eigenvalue weighted by molar-refractivity contribution is -0.139. The third kappa shape index (κ3) is 8.36. The van der Waals surface area contributed by atoms with Gasteiger partial charge in [0.15, 0.2) is 0 Å². The van der Waals surface area contributed by atoms with E-state index in [4.69, 9.17) is 0 Å². The van der Waals surface area contributed by atoms with Crippen LogP contribution in [0.1, 0.15) is 72.2 Å². The van der Waals surface area contributed by atoms with Crippen molar-refractivity contribution in [3.63, 3.8) is 0 Å². The van der Waals surface area contributed by atoms with Crippen LogP contribution in [-0.2, 0) is 28.7 Å². The lowest BCUT2D eigenvalue weighted by atomic mass is 9.90. The van der Waals surface area contributed by atoms with Gasteiger partial charge in [-0.1, -0.05) is 13.8 Å². The predicted octanol–water partition coefficient (Wildman–Crippen LogP) is 7.10. The zero-order chi connectivity index (χ0) is 35.5. The summed E-state index contributed by atoms with van der Waals surface area (Å²) in [5.41, 5.74) is -0.214. The summed E-state index contributed by atoms with van der Waals surface area (Å²) in [4.78, 5) is 43.1. The molecule has 256 valence electrons. The number of benzene rings is 2. The topological polar surface area (TPSA) is 106 Å². The first kappa shape index (κ1) is 36.0. The molecule has 0 radical (unpaired) electrons. The number of aliphatic carboxylic acids is 1. The van der Waals surface area contributed by atoms with Crippen molar-refractivity contribution in [3.05, 3.63) is 111 Å². The lowest BCUT2D eigenvalue weighted by Crippen LogP contribution is -2.41. The molecule has 2 N–H and O–H groups in total. The highest BCUT2D eigenvalue weighted by Crippen LogP contribution is 2.35. The van der Waals surface area contributed by atoms with E-state index in [0.29, 0.717) is 28.3 Å². The molecule has 48 heavy (non-hydrogen) atoms. The van der Waals surface area contributed by atoms with Gasteiger partial charge in [0.2, 0.25) is 5.91 Å². The van der Waals surface area contributed by atoms with Gasteiger partial charge in [-0.15, -0.1) is 0 Å². The summed E-state index contributed by atoms with van der Waals surface area (Å²) < 4.78 is 74.3. The quantitative estimate of drug-likeness (QED) is 0.156. The smallest absolute Gasteiger partial charge is 0.416 e. The highest BCUT2D eigenvalue weighted by atomic mass is 19.4. The van der Waals surface area contributed by atoms with Crippen LogP contribution in [0.4, 0.5) is 22.0 Å². The molecule has 2 aromatic heterocycles. The van der Waals surface area contributed by atoms with Crippen molar-refractivity contribution in [2.45, 2.75) is 78.7 Å². The first-order valence-corrected chi connectivity index (χ1v) is 15.3. The molecule has 0 aliphatic rings. The monoisotopic (exact) mass is 672 g/mol. The number of rotatable bonds is 12. The van der Waals surface area contributed by atoms with E-state index in [2.05, 4.69) is 10.3 Å². The fourth-order valence-electron chi connectivity index (χ4n) is 6.00. The summed E-state index contributed by atoms with van der Waals surface area (Å²) in [6.07, 6.45) is -0.191. The van der Waals surface area contributed by atoms with Gasteiger partial charge in [-0.2, -0.15) is 13.2 Å². The first-order chi connectivity index (χ1) is 22.5. The van der Waals surface area contributed by atoms with Gasteiger partial charge in [-0.05, 0) is 97.2 Å². The number of carboxylic acids is 1. The molecule has 0 bridgehead atoms. The normalized spacial score (nSPS) is 13.1. The highest BCUT2D eigenvalue weighted by Gasteiger charge is 2.36. The Hall–Kier alpha value is -4.81. The van der Waals surface area contributed by atoms with Crippen LogP contribution in [0.5, 0.6) is 0 Å². The molecular weight excluding hydrogens is 635 g/mol. The highest BCUT2D eigenvalue weighted by molar-refractivity contribution is 5.82. The molecule has 1 amide bonds. The minimum atomic E-state index is -4.84. The first-order valence-electron chi connectivity index (χ1n) is 15.3. The molecule has 2 aromatic carbocycles. The number of nitrogens with one attached hydrogen (secondary N) is 1. The Morgan fingerprint density at radius 1 is 1.00 bits per heavy atom. The van der Waals surface area contributed by atoms with Crippen molar-refractivity contribution < 1.29 is 36.6 Å². The number of halogens is 5. The van der Waals surface area contributed by atoms with E-state index < -0.39 is 59.3 Å². The molecular formula is C35H37F5N4O4. The summed E-state index contributed by atoms with van der Waals surface area (Å²) >= 11 is 0. The van der Waals surface area contributed by atoms with Crippen molar-refractivity contribution in [1.29, 1.82) is 0 Å². The van der Waals surface area contributed by atoms with Gasteiger partial charge in [-0.3, -0.25) is 14.4 Å².